The van der Waals surface area contributed by atoms with Crippen LogP contribution in [0.5, 0.6) is 0 Å². The van der Waals surface area contributed by atoms with Crippen LogP contribution >= 0.6 is 0 Å². The molecule has 0 atom stereocenters. The lowest BCUT2D eigenvalue weighted by molar-refractivity contribution is -0.118. The number of benzene rings is 2. The van der Waals surface area contributed by atoms with Crippen molar-refractivity contribution < 1.29 is 19.2 Å². The maximum atomic E-state index is 12.4. The van der Waals surface area contributed by atoms with Crippen LogP contribution in [0.4, 0.5) is 22.7 Å². The molecule has 0 saturated carbocycles. The molecule has 0 bridgehead atoms. The maximum absolute atomic E-state index is 12.4. The molecule has 0 aliphatic rings. The molecule has 33 heavy (non-hydrogen) atoms. The van der Waals surface area contributed by atoms with Crippen LogP contribution in [-0.2, 0) is 19.2 Å². The van der Waals surface area contributed by atoms with Crippen molar-refractivity contribution in [3.8, 4) is 0 Å². The van der Waals surface area contributed by atoms with Crippen LogP contribution in [0, 0.1) is 13.8 Å². The minimum atomic E-state index is -0.203. The first kappa shape index (κ1) is 25.6. The van der Waals surface area contributed by atoms with E-state index in [9.17, 15) is 19.2 Å². The van der Waals surface area contributed by atoms with Gasteiger partial charge in [0.05, 0.1) is 0 Å². The van der Waals surface area contributed by atoms with Crippen LogP contribution < -0.4 is 21.3 Å². The second-order valence-corrected chi connectivity index (χ2v) is 7.71. The summed E-state index contributed by atoms with van der Waals surface area (Å²) >= 11 is 0. The van der Waals surface area contributed by atoms with Crippen LogP contribution in [0.15, 0.2) is 36.4 Å². The number of nitrogens with one attached hydrogen (secondary N) is 4. The Morgan fingerprint density at radius 2 is 0.879 bits per heavy atom. The molecule has 0 fully saturated rings. The molecule has 8 nitrogen and oxygen atoms in total. The predicted molar refractivity (Wildman–Crippen MR) is 131 cm³/mol. The molecule has 2 aromatic carbocycles. The summed E-state index contributed by atoms with van der Waals surface area (Å²) in [5, 5.41) is 11.3. The molecule has 176 valence electrons. The molecule has 0 radical (unpaired) electrons. The molecule has 2 rings (SSSR count). The topological polar surface area (TPSA) is 116 Å². The van der Waals surface area contributed by atoms with Crippen LogP contribution in [0.3, 0.4) is 0 Å². The normalized spacial score (nSPS) is 10.3. The fourth-order valence-electron chi connectivity index (χ4n) is 3.13. The highest BCUT2D eigenvalue weighted by Gasteiger charge is 2.12. The van der Waals surface area contributed by atoms with Crippen molar-refractivity contribution in [2.24, 2.45) is 0 Å². The number of hydrogen-bond acceptors (Lipinski definition) is 4. The lowest BCUT2D eigenvalue weighted by atomic mass is 10.1. The largest absolute Gasteiger partial charge is 0.326 e. The summed E-state index contributed by atoms with van der Waals surface area (Å²) in [4.78, 5) is 48.0. The Hall–Kier alpha value is -3.68. The van der Waals surface area contributed by atoms with E-state index in [0.29, 0.717) is 42.0 Å². The van der Waals surface area contributed by atoms with Crippen molar-refractivity contribution >= 4 is 46.4 Å². The highest BCUT2D eigenvalue weighted by molar-refractivity contribution is 5.97. The molecule has 4 N–H and O–H groups in total. The molecule has 0 saturated heterocycles. The van der Waals surface area contributed by atoms with Gasteiger partial charge in [0, 0.05) is 48.4 Å². The van der Waals surface area contributed by atoms with Crippen LogP contribution in [0.1, 0.15) is 57.1 Å². The van der Waals surface area contributed by atoms with Crippen molar-refractivity contribution in [2.45, 2.75) is 59.8 Å². The molecule has 2 aromatic rings. The number of anilines is 4. The first-order chi connectivity index (χ1) is 15.7. The van der Waals surface area contributed by atoms with Gasteiger partial charge in [-0.2, -0.15) is 0 Å². The van der Waals surface area contributed by atoms with Crippen molar-refractivity contribution in [3.05, 3.63) is 47.5 Å². The molecule has 0 heterocycles. The minimum absolute atomic E-state index is 0.0962. The Bertz CT molecular complexity index is 952. The summed E-state index contributed by atoms with van der Waals surface area (Å²) in [6.45, 7) is 7.20. The fourth-order valence-corrected chi connectivity index (χ4v) is 3.13. The highest BCUT2D eigenvalue weighted by atomic mass is 16.2. The third-order valence-electron chi connectivity index (χ3n) is 5.21. The molecule has 0 spiro atoms. The van der Waals surface area contributed by atoms with Crippen LogP contribution in [0.2, 0.25) is 0 Å². The van der Waals surface area contributed by atoms with E-state index in [1.807, 2.05) is 13.8 Å². The molecule has 0 aliphatic carbocycles. The Morgan fingerprint density at radius 1 is 0.576 bits per heavy atom. The van der Waals surface area contributed by atoms with Gasteiger partial charge in [-0.15, -0.1) is 0 Å². The summed E-state index contributed by atoms with van der Waals surface area (Å²) < 4.78 is 0. The lowest BCUT2D eigenvalue weighted by Gasteiger charge is -2.14. The van der Waals surface area contributed by atoms with Gasteiger partial charge in [-0.05, 0) is 55.7 Å². The zero-order valence-electron chi connectivity index (χ0n) is 19.6. The van der Waals surface area contributed by atoms with Crippen molar-refractivity contribution in [1.82, 2.24) is 0 Å². The fraction of sp³-hybridized carbons (Fsp3) is 0.360. The Labute approximate surface area is 194 Å². The van der Waals surface area contributed by atoms with E-state index in [0.717, 1.165) is 11.1 Å². The monoisotopic (exact) mass is 452 g/mol. The Balaban J connectivity index is 1.86. The molecular formula is C25H32N4O4. The maximum Gasteiger partial charge on any atom is 0.224 e. The van der Waals surface area contributed by atoms with Gasteiger partial charge in [-0.25, -0.2) is 0 Å². The highest BCUT2D eigenvalue weighted by Crippen LogP contribution is 2.25. The van der Waals surface area contributed by atoms with E-state index >= 15 is 0 Å². The van der Waals surface area contributed by atoms with E-state index < -0.39 is 0 Å². The van der Waals surface area contributed by atoms with Crippen molar-refractivity contribution in [1.29, 1.82) is 0 Å². The van der Waals surface area contributed by atoms with Crippen molar-refractivity contribution in [2.75, 3.05) is 21.3 Å². The van der Waals surface area contributed by atoms with Gasteiger partial charge in [0.1, 0.15) is 0 Å². The number of carbonyl (C=O) groups is 4. The first-order valence-corrected chi connectivity index (χ1v) is 11.1. The average Bonchev–Trinajstić information content (AvgIpc) is 2.78. The number of carbonyl (C=O) groups excluding carboxylic acids is 4. The second-order valence-electron chi connectivity index (χ2n) is 7.71. The van der Waals surface area contributed by atoms with Gasteiger partial charge >= 0.3 is 0 Å². The van der Waals surface area contributed by atoms with Gasteiger partial charge in [-0.3, -0.25) is 19.2 Å². The molecular weight excluding hydrogens is 420 g/mol. The quantitative estimate of drug-likeness (QED) is 0.416. The summed E-state index contributed by atoms with van der Waals surface area (Å²) in [6.07, 6.45) is 1.49. The smallest absolute Gasteiger partial charge is 0.224 e. The number of amides is 4. The Morgan fingerprint density at radius 3 is 1.18 bits per heavy atom. The first-order valence-electron chi connectivity index (χ1n) is 11.1. The van der Waals surface area contributed by atoms with Gasteiger partial charge in [0.15, 0.2) is 0 Å². The average molecular weight is 453 g/mol. The SMILES string of the molecule is CCC(=O)Nc1cccc(NC(=O)CCCC(=O)Nc2cccc(NC(=O)CC)c2C)c1C. The third-order valence-corrected chi connectivity index (χ3v) is 5.21. The summed E-state index contributed by atoms with van der Waals surface area (Å²) in [5.74, 6) is -0.599. The standard InChI is InChI=1S/C25H32N4O4/c1-5-22(30)26-18-10-7-12-20(16(18)3)28-24(32)14-9-15-25(33)29-21-13-8-11-19(17(21)4)27-23(31)6-2/h7-8,10-13H,5-6,9,14-15H2,1-4H3,(H,26,30)(H,27,31)(H,28,32)(H,29,33). The molecule has 0 unspecified atom stereocenters. The summed E-state index contributed by atoms with van der Waals surface area (Å²) in [7, 11) is 0. The van der Waals surface area contributed by atoms with E-state index in [2.05, 4.69) is 21.3 Å². The third kappa shape index (κ3) is 7.75. The van der Waals surface area contributed by atoms with Gasteiger partial charge in [0.2, 0.25) is 23.6 Å². The van der Waals surface area contributed by atoms with Crippen molar-refractivity contribution in [3.63, 3.8) is 0 Å². The van der Waals surface area contributed by atoms with Gasteiger partial charge in [-0.1, -0.05) is 26.0 Å². The predicted octanol–water partition coefficient (Wildman–Crippen LogP) is 4.75. The zero-order valence-corrected chi connectivity index (χ0v) is 19.6. The van der Waals surface area contributed by atoms with E-state index in [1.54, 1.807) is 50.2 Å². The van der Waals surface area contributed by atoms with Crippen LogP contribution in [0.25, 0.3) is 0 Å². The van der Waals surface area contributed by atoms with Crippen LogP contribution in [-0.4, -0.2) is 23.6 Å². The lowest BCUT2D eigenvalue weighted by Crippen LogP contribution is -2.17. The summed E-state index contributed by atoms with van der Waals surface area (Å²) in [6, 6.07) is 10.6. The van der Waals surface area contributed by atoms with Gasteiger partial charge < -0.3 is 21.3 Å². The van der Waals surface area contributed by atoms with E-state index in [1.165, 1.54) is 0 Å². The molecule has 4 amide bonds. The second kappa shape index (κ2) is 12.4. The van der Waals surface area contributed by atoms with Gasteiger partial charge in [0.25, 0.3) is 0 Å². The van der Waals surface area contributed by atoms with E-state index in [-0.39, 0.29) is 36.5 Å². The number of rotatable bonds is 10. The minimum Gasteiger partial charge on any atom is -0.326 e. The molecule has 0 aromatic heterocycles. The molecule has 8 heteroatoms. The molecule has 0 aliphatic heterocycles. The summed E-state index contributed by atoms with van der Waals surface area (Å²) in [5.41, 5.74) is 4.12. The Kier molecular flexibility index (Phi) is 9.60. The zero-order chi connectivity index (χ0) is 24.4. The number of hydrogen-bond donors (Lipinski definition) is 4. The van der Waals surface area contributed by atoms with E-state index in [4.69, 9.17) is 0 Å².